The zero-order valence-corrected chi connectivity index (χ0v) is 10.0. The highest BCUT2D eigenvalue weighted by Crippen LogP contribution is 2.24. The van der Waals surface area contributed by atoms with Gasteiger partial charge in [0, 0.05) is 18.8 Å². The van der Waals surface area contributed by atoms with Crippen molar-refractivity contribution in [1.29, 1.82) is 0 Å². The lowest BCUT2D eigenvalue weighted by atomic mass is 10.3. The smallest absolute Gasteiger partial charge is 0.406 e. The Hall–Kier alpha value is -1.92. The van der Waals surface area contributed by atoms with E-state index in [-0.39, 0.29) is 11.8 Å². The highest BCUT2D eigenvalue weighted by Gasteiger charge is 2.31. The first-order valence-electron chi connectivity index (χ1n) is 5.86. The number of rotatable bonds is 2. The van der Waals surface area contributed by atoms with Crippen molar-refractivity contribution in [2.45, 2.75) is 19.2 Å². The van der Waals surface area contributed by atoms with E-state index in [1.165, 1.54) is 12.1 Å². The van der Waals surface area contributed by atoms with Crippen LogP contribution in [0.5, 0.6) is 5.75 Å². The van der Waals surface area contributed by atoms with E-state index in [0.717, 1.165) is 25.0 Å². The Bertz CT molecular complexity index is 439. The molecule has 0 aliphatic carbocycles. The molecule has 104 valence electrons. The minimum atomic E-state index is -4.71. The van der Waals surface area contributed by atoms with E-state index in [2.05, 4.69) is 10.1 Å². The van der Waals surface area contributed by atoms with Gasteiger partial charge >= 0.3 is 12.4 Å². The third-order valence-corrected chi connectivity index (χ3v) is 2.73. The van der Waals surface area contributed by atoms with Gasteiger partial charge < -0.3 is 15.0 Å². The topological polar surface area (TPSA) is 41.6 Å². The molecule has 7 heteroatoms. The summed E-state index contributed by atoms with van der Waals surface area (Å²) >= 11 is 0. The molecule has 1 heterocycles. The van der Waals surface area contributed by atoms with Crippen molar-refractivity contribution in [3.05, 3.63) is 24.3 Å². The second-order valence-corrected chi connectivity index (χ2v) is 4.20. The van der Waals surface area contributed by atoms with Crippen molar-refractivity contribution in [1.82, 2.24) is 4.90 Å². The van der Waals surface area contributed by atoms with Gasteiger partial charge in [-0.15, -0.1) is 13.2 Å². The van der Waals surface area contributed by atoms with Gasteiger partial charge in [-0.3, -0.25) is 0 Å². The largest absolute Gasteiger partial charge is 0.573 e. The Balaban J connectivity index is 1.93. The van der Waals surface area contributed by atoms with Gasteiger partial charge in [-0.05, 0) is 37.1 Å². The second kappa shape index (κ2) is 5.38. The average Bonchev–Trinajstić information content (AvgIpc) is 2.83. The van der Waals surface area contributed by atoms with Gasteiger partial charge in [0.15, 0.2) is 0 Å². The van der Waals surface area contributed by atoms with Crippen molar-refractivity contribution >= 4 is 11.7 Å². The van der Waals surface area contributed by atoms with Crippen LogP contribution in [0.15, 0.2) is 24.3 Å². The minimum absolute atomic E-state index is 0.234. The number of ether oxygens (including phenoxy) is 1. The van der Waals surface area contributed by atoms with Crippen LogP contribution in [0.3, 0.4) is 0 Å². The number of amides is 2. The first kappa shape index (κ1) is 13.5. The number of anilines is 1. The molecule has 0 atom stereocenters. The van der Waals surface area contributed by atoms with E-state index in [9.17, 15) is 18.0 Å². The van der Waals surface area contributed by atoms with Crippen LogP contribution >= 0.6 is 0 Å². The zero-order valence-electron chi connectivity index (χ0n) is 10.0. The number of urea groups is 1. The summed E-state index contributed by atoms with van der Waals surface area (Å²) in [5, 5.41) is 2.62. The summed E-state index contributed by atoms with van der Waals surface area (Å²) < 4.78 is 39.6. The standard InChI is InChI=1S/C12H13F3N2O2/c13-12(14,15)19-10-5-3-9(4-6-10)16-11(18)17-7-1-2-8-17/h3-6H,1-2,7-8H2,(H,16,18). The van der Waals surface area contributed by atoms with Gasteiger partial charge in [0.1, 0.15) is 5.75 Å². The molecule has 1 aromatic rings. The van der Waals surface area contributed by atoms with Crippen molar-refractivity contribution in [2.24, 2.45) is 0 Å². The Morgan fingerprint density at radius 1 is 1.16 bits per heavy atom. The molecule has 1 aliphatic heterocycles. The normalized spacial score (nSPS) is 15.4. The summed E-state index contributed by atoms with van der Waals surface area (Å²) in [6, 6.07) is 4.83. The number of carbonyl (C=O) groups is 1. The SMILES string of the molecule is O=C(Nc1ccc(OC(F)(F)F)cc1)N1CCCC1. The van der Waals surface area contributed by atoms with Crippen LogP contribution in [0.1, 0.15) is 12.8 Å². The van der Waals surface area contributed by atoms with Gasteiger partial charge in [0.2, 0.25) is 0 Å². The first-order chi connectivity index (χ1) is 8.94. The third kappa shape index (κ3) is 4.04. The molecule has 2 rings (SSSR count). The lowest BCUT2D eigenvalue weighted by Crippen LogP contribution is -2.32. The zero-order chi connectivity index (χ0) is 13.9. The third-order valence-electron chi connectivity index (χ3n) is 2.73. The maximum Gasteiger partial charge on any atom is 0.573 e. The summed E-state index contributed by atoms with van der Waals surface area (Å²) in [4.78, 5) is 13.4. The number of likely N-dealkylation sites (tertiary alicyclic amines) is 1. The van der Waals surface area contributed by atoms with E-state index in [0.29, 0.717) is 18.8 Å². The molecule has 0 saturated carbocycles. The number of nitrogens with zero attached hydrogens (tertiary/aromatic N) is 1. The van der Waals surface area contributed by atoms with Crippen molar-refractivity contribution in [3.63, 3.8) is 0 Å². The summed E-state index contributed by atoms with van der Waals surface area (Å²) in [6.45, 7) is 1.42. The predicted molar refractivity (Wildman–Crippen MR) is 63.0 cm³/mol. The summed E-state index contributed by atoms with van der Waals surface area (Å²) in [7, 11) is 0. The maximum absolute atomic E-state index is 12.0. The van der Waals surface area contributed by atoms with Crippen LogP contribution < -0.4 is 10.1 Å². The molecule has 0 aromatic heterocycles. The van der Waals surface area contributed by atoms with E-state index in [4.69, 9.17) is 0 Å². The quantitative estimate of drug-likeness (QED) is 0.899. The second-order valence-electron chi connectivity index (χ2n) is 4.20. The van der Waals surface area contributed by atoms with E-state index in [1.807, 2.05) is 0 Å². The van der Waals surface area contributed by atoms with E-state index >= 15 is 0 Å². The number of hydrogen-bond acceptors (Lipinski definition) is 2. The van der Waals surface area contributed by atoms with Gasteiger partial charge in [-0.1, -0.05) is 0 Å². The first-order valence-corrected chi connectivity index (χ1v) is 5.86. The summed E-state index contributed by atoms with van der Waals surface area (Å²) in [5.74, 6) is -0.313. The van der Waals surface area contributed by atoms with Gasteiger partial charge in [-0.2, -0.15) is 0 Å². The molecule has 0 bridgehead atoms. The van der Waals surface area contributed by atoms with Gasteiger partial charge in [0.05, 0.1) is 0 Å². The number of carbonyl (C=O) groups excluding carboxylic acids is 1. The molecule has 1 N–H and O–H groups in total. The monoisotopic (exact) mass is 274 g/mol. The fourth-order valence-corrected chi connectivity index (χ4v) is 1.86. The van der Waals surface area contributed by atoms with Crippen LogP contribution in [0, 0.1) is 0 Å². The molecule has 1 aliphatic rings. The fourth-order valence-electron chi connectivity index (χ4n) is 1.86. The summed E-state index contributed by atoms with van der Waals surface area (Å²) in [6.07, 6.45) is -2.75. The van der Waals surface area contributed by atoms with Gasteiger partial charge in [0.25, 0.3) is 0 Å². The highest BCUT2D eigenvalue weighted by atomic mass is 19.4. The van der Waals surface area contributed by atoms with E-state index < -0.39 is 6.36 Å². The van der Waals surface area contributed by atoms with Crippen LogP contribution in [-0.2, 0) is 0 Å². The number of alkyl halides is 3. The molecular formula is C12H13F3N2O2. The fraction of sp³-hybridized carbons (Fsp3) is 0.417. The molecular weight excluding hydrogens is 261 g/mol. The van der Waals surface area contributed by atoms with Crippen LogP contribution in [0.4, 0.5) is 23.7 Å². The Labute approximate surface area is 108 Å². The van der Waals surface area contributed by atoms with Crippen LogP contribution in [0.25, 0.3) is 0 Å². The molecule has 2 amide bonds. The van der Waals surface area contributed by atoms with Crippen molar-refractivity contribution < 1.29 is 22.7 Å². The number of hydrogen-bond donors (Lipinski definition) is 1. The number of nitrogens with one attached hydrogen (secondary N) is 1. The molecule has 0 spiro atoms. The molecule has 19 heavy (non-hydrogen) atoms. The molecule has 1 aromatic carbocycles. The lowest BCUT2D eigenvalue weighted by molar-refractivity contribution is -0.274. The molecule has 1 fully saturated rings. The maximum atomic E-state index is 12.0. The molecule has 1 saturated heterocycles. The lowest BCUT2D eigenvalue weighted by Gasteiger charge is -2.16. The molecule has 0 radical (unpaired) electrons. The molecule has 4 nitrogen and oxygen atoms in total. The Morgan fingerprint density at radius 2 is 1.74 bits per heavy atom. The predicted octanol–water partition coefficient (Wildman–Crippen LogP) is 3.21. The Morgan fingerprint density at radius 3 is 2.26 bits per heavy atom. The van der Waals surface area contributed by atoms with E-state index in [1.54, 1.807) is 4.90 Å². The summed E-state index contributed by atoms with van der Waals surface area (Å²) in [5.41, 5.74) is 0.437. The average molecular weight is 274 g/mol. The molecule has 0 unspecified atom stereocenters. The minimum Gasteiger partial charge on any atom is -0.406 e. The highest BCUT2D eigenvalue weighted by molar-refractivity contribution is 5.89. The van der Waals surface area contributed by atoms with Gasteiger partial charge in [-0.25, -0.2) is 4.79 Å². The Kier molecular flexibility index (Phi) is 3.82. The number of halogens is 3. The van der Waals surface area contributed by atoms with Crippen LogP contribution in [-0.4, -0.2) is 30.4 Å². The van der Waals surface area contributed by atoms with Crippen molar-refractivity contribution in [2.75, 3.05) is 18.4 Å². The van der Waals surface area contributed by atoms with Crippen LogP contribution in [0.2, 0.25) is 0 Å². The number of benzene rings is 1. The van der Waals surface area contributed by atoms with Crippen molar-refractivity contribution in [3.8, 4) is 5.75 Å².